The van der Waals surface area contributed by atoms with Crippen LogP contribution in [0.25, 0.3) is 0 Å². The van der Waals surface area contributed by atoms with Crippen LogP contribution in [0.15, 0.2) is 18.2 Å². The first-order valence-corrected chi connectivity index (χ1v) is 6.67. The van der Waals surface area contributed by atoms with Gasteiger partial charge in [0.15, 0.2) is 0 Å². The number of rotatable bonds is 3. The molecule has 0 saturated heterocycles. The normalized spacial score (nSPS) is 17.7. The summed E-state index contributed by atoms with van der Waals surface area (Å²) in [5.74, 6) is 1.15. The summed E-state index contributed by atoms with van der Waals surface area (Å²) >= 11 is 0. The van der Waals surface area contributed by atoms with Crippen LogP contribution >= 0.6 is 0 Å². The SMILES string of the molecule is CCCC(C)(C)c1cccc2c1OC(C)(C)C2. The molecular weight excluding hydrogens is 208 g/mol. The largest absolute Gasteiger partial charge is 0.487 e. The zero-order chi connectivity index (χ0) is 12.7. The Balaban J connectivity index is 2.43. The van der Waals surface area contributed by atoms with Gasteiger partial charge >= 0.3 is 0 Å². The van der Waals surface area contributed by atoms with Gasteiger partial charge in [-0.3, -0.25) is 0 Å². The number of hydrogen-bond donors (Lipinski definition) is 0. The smallest absolute Gasteiger partial charge is 0.127 e. The fraction of sp³-hybridized carbons (Fsp3) is 0.625. The molecular formula is C16H24O. The molecule has 0 fully saturated rings. The molecule has 0 saturated carbocycles. The van der Waals surface area contributed by atoms with Gasteiger partial charge in [0.05, 0.1) is 0 Å². The van der Waals surface area contributed by atoms with E-state index in [2.05, 4.69) is 52.8 Å². The summed E-state index contributed by atoms with van der Waals surface area (Å²) in [6.07, 6.45) is 3.44. The van der Waals surface area contributed by atoms with Crippen molar-refractivity contribution in [3.8, 4) is 5.75 Å². The highest BCUT2D eigenvalue weighted by Crippen LogP contribution is 2.43. The quantitative estimate of drug-likeness (QED) is 0.746. The van der Waals surface area contributed by atoms with Crippen LogP contribution in [0.1, 0.15) is 58.6 Å². The molecule has 0 spiro atoms. The van der Waals surface area contributed by atoms with Crippen molar-refractivity contribution in [2.45, 2.75) is 64.9 Å². The molecule has 1 aromatic rings. The molecule has 0 aromatic heterocycles. The Morgan fingerprint density at radius 1 is 1.29 bits per heavy atom. The first-order chi connectivity index (χ1) is 7.86. The van der Waals surface area contributed by atoms with Gasteiger partial charge in [0.2, 0.25) is 0 Å². The number of ether oxygens (including phenoxy) is 1. The minimum Gasteiger partial charge on any atom is -0.487 e. The molecule has 0 aliphatic carbocycles. The lowest BCUT2D eigenvalue weighted by molar-refractivity contribution is 0.135. The topological polar surface area (TPSA) is 9.23 Å². The second kappa shape index (κ2) is 4.04. The van der Waals surface area contributed by atoms with Crippen molar-refractivity contribution in [3.63, 3.8) is 0 Å². The Labute approximate surface area is 105 Å². The second-order valence-corrected chi connectivity index (χ2v) is 6.47. The van der Waals surface area contributed by atoms with Crippen molar-refractivity contribution >= 4 is 0 Å². The van der Waals surface area contributed by atoms with Gasteiger partial charge in [-0.25, -0.2) is 0 Å². The second-order valence-electron chi connectivity index (χ2n) is 6.47. The zero-order valence-corrected chi connectivity index (χ0v) is 11.8. The number of para-hydroxylation sites is 1. The predicted molar refractivity (Wildman–Crippen MR) is 72.8 cm³/mol. The van der Waals surface area contributed by atoms with Crippen LogP contribution in [-0.4, -0.2) is 5.60 Å². The van der Waals surface area contributed by atoms with Crippen LogP contribution in [0.2, 0.25) is 0 Å². The maximum atomic E-state index is 6.16. The highest BCUT2D eigenvalue weighted by Gasteiger charge is 2.35. The van der Waals surface area contributed by atoms with E-state index in [4.69, 9.17) is 4.74 Å². The monoisotopic (exact) mass is 232 g/mol. The molecule has 1 aliphatic heterocycles. The molecule has 94 valence electrons. The van der Waals surface area contributed by atoms with Gasteiger partial charge in [-0.1, -0.05) is 45.4 Å². The number of benzene rings is 1. The van der Waals surface area contributed by atoms with E-state index in [9.17, 15) is 0 Å². The Bertz CT molecular complexity index is 416. The van der Waals surface area contributed by atoms with E-state index in [0.717, 1.165) is 12.2 Å². The van der Waals surface area contributed by atoms with E-state index < -0.39 is 0 Å². The van der Waals surface area contributed by atoms with Crippen molar-refractivity contribution in [3.05, 3.63) is 29.3 Å². The molecule has 0 atom stereocenters. The van der Waals surface area contributed by atoms with Crippen LogP contribution in [0.3, 0.4) is 0 Å². The third kappa shape index (κ3) is 2.34. The minimum absolute atomic E-state index is 0.0409. The van der Waals surface area contributed by atoms with E-state index in [0.29, 0.717) is 0 Å². The third-order valence-corrected chi connectivity index (χ3v) is 3.70. The molecule has 0 bridgehead atoms. The summed E-state index contributed by atoms with van der Waals surface area (Å²) in [7, 11) is 0. The predicted octanol–water partition coefficient (Wildman–Crippen LogP) is 4.48. The maximum absolute atomic E-state index is 6.16. The van der Waals surface area contributed by atoms with E-state index in [1.807, 2.05) is 0 Å². The summed E-state index contributed by atoms with van der Waals surface area (Å²) in [6.45, 7) is 11.2. The fourth-order valence-corrected chi connectivity index (χ4v) is 2.91. The third-order valence-electron chi connectivity index (χ3n) is 3.70. The average Bonchev–Trinajstić information content (AvgIpc) is 2.50. The summed E-state index contributed by atoms with van der Waals surface area (Å²) < 4.78 is 6.16. The first kappa shape index (κ1) is 12.5. The van der Waals surface area contributed by atoms with Gasteiger partial charge in [0, 0.05) is 12.0 Å². The van der Waals surface area contributed by atoms with Gasteiger partial charge in [-0.15, -0.1) is 0 Å². The lowest BCUT2D eigenvalue weighted by Gasteiger charge is -2.27. The Morgan fingerprint density at radius 3 is 2.65 bits per heavy atom. The van der Waals surface area contributed by atoms with Crippen LogP contribution in [0, 0.1) is 0 Å². The molecule has 1 aromatic carbocycles. The first-order valence-electron chi connectivity index (χ1n) is 6.67. The van der Waals surface area contributed by atoms with Crippen molar-refractivity contribution in [1.29, 1.82) is 0 Å². The summed E-state index contributed by atoms with van der Waals surface area (Å²) in [6, 6.07) is 6.61. The maximum Gasteiger partial charge on any atom is 0.127 e. The van der Waals surface area contributed by atoms with Crippen molar-refractivity contribution < 1.29 is 4.74 Å². The lowest BCUT2D eigenvalue weighted by atomic mass is 9.79. The molecule has 1 aliphatic rings. The molecule has 1 nitrogen and oxygen atoms in total. The molecule has 0 amide bonds. The summed E-state index contributed by atoms with van der Waals surface area (Å²) in [4.78, 5) is 0. The Morgan fingerprint density at radius 2 is 2.00 bits per heavy atom. The van der Waals surface area contributed by atoms with Gasteiger partial charge < -0.3 is 4.74 Å². The number of fused-ring (bicyclic) bond motifs is 1. The molecule has 1 heterocycles. The number of hydrogen-bond acceptors (Lipinski definition) is 1. The van der Waals surface area contributed by atoms with Gasteiger partial charge in [0.25, 0.3) is 0 Å². The van der Waals surface area contributed by atoms with E-state index >= 15 is 0 Å². The van der Waals surface area contributed by atoms with Gasteiger partial charge in [-0.2, -0.15) is 0 Å². The summed E-state index contributed by atoms with van der Waals surface area (Å²) in [5.41, 5.74) is 2.92. The van der Waals surface area contributed by atoms with Crippen LogP contribution in [-0.2, 0) is 11.8 Å². The van der Waals surface area contributed by atoms with Gasteiger partial charge in [-0.05, 0) is 31.2 Å². The fourth-order valence-electron chi connectivity index (χ4n) is 2.91. The molecule has 0 unspecified atom stereocenters. The van der Waals surface area contributed by atoms with Crippen LogP contribution in [0.4, 0.5) is 0 Å². The molecule has 2 rings (SSSR count). The van der Waals surface area contributed by atoms with Crippen molar-refractivity contribution in [2.75, 3.05) is 0 Å². The van der Waals surface area contributed by atoms with E-state index in [1.54, 1.807) is 0 Å². The van der Waals surface area contributed by atoms with E-state index in [-0.39, 0.29) is 11.0 Å². The molecule has 0 N–H and O–H groups in total. The highest BCUT2D eigenvalue weighted by molar-refractivity contribution is 5.48. The van der Waals surface area contributed by atoms with Crippen molar-refractivity contribution in [1.82, 2.24) is 0 Å². The Kier molecular flexibility index (Phi) is 2.97. The van der Waals surface area contributed by atoms with Gasteiger partial charge in [0.1, 0.15) is 11.4 Å². The van der Waals surface area contributed by atoms with Crippen LogP contribution < -0.4 is 4.74 Å². The van der Waals surface area contributed by atoms with Crippen molar-refractivity contribution in [2.24, 2.45) is 0 Å². The van der Waals surface area contributed by atoms with E-state index in [1.165, 1.54) is 24.0 Å². The lowest BCUT2D eigenvalue weighted by Crippen LogP contribution is -2.25. The standard InChI is InChI=1S/C16H24O/c1-6-10-15(2,3)13-9-7-8-12-11-16(4,5)17-14(12)13/h7-9H,6,10-11H2,1-5H3. The summed E-state index contributed by atoms with van der Waals surface area (Å²) in [5, 5.41) is 0. The molecule has 0 radical (unpaired) electrons. The zero-order valence-electron chi connectivity index (χ0n) is 11.8. The minimum atomic E-state index is -0.0409. The van der Waals surface area contributed by atoms with Crippen LogP contribution in [0.5, 0.6) is 5.75 Å². The Hall–Kier alpha value is -0.980. The average molecular weight is 232 g/mol. The molecule has 1 heteroatoms. The molecule has 17 heavy (non-hydrogen) atoms. The highest BCUT2D eigenvalue weighted by atomic mass is 16.5.